The number of hydrogen-bond acceptors (Lipinski definition) is 6. The highest BCUT2D eigenvalue weighted by molar-refractivity contribution is 7.58. The van der Waals surface area contributed by atoms with Crippen LogP contribution in [0.25, 0.3) is 0 Å². The molecule has 0 aliphatic carbocycles. The van der Waals surface area contributed by atoms with Gasteiger partial charge in [0.25, 0.3) is 0 Å². The fourth-order valence-electron chi connectivity index (χ4n) is 0.806. The fraction of sp³-hybridized carbons (Fsp3) is 0.500. The Morgan fingerprint density at radius 1 is 1.05 bits per heavy atom. The molecule has 0 fully saturated rings. The van der Waals surface area contributed by atoms with Gasteiger partial charge in [-0.25, -0.2) is 9.59 Å². The van der Waals surface area contributed by atoms with Crippen LogP contribution in [0.1, 0.15) is 13.8 Å². The first-order valence-electron chi connectivity index (χ1n) is 5.52. The van der Waals surface area contributed by atoms with Crippen LogP contribution in [0.5, 0.6) is 0 Å². The van der Waals surface area contributed by atoms with Crippen LogP contribution in [-0.2, 0) is 28.2 Å². The van der Waals surface area contributed by atoms with Crippen molar-refractivity contribution in [2.45, 2.75) is 13.8 Å². The van der Waals surface area contributed by atoms with Crippen molar-refractivity contribution in [3.8, 4) is 0 Å². The molecule has 0 aromatic heterocycles. The molecule has 0 amide bonds. The van der Waals surface area contributed by atoms with Gasteiger partial charge in [-0.1, -0.05) is 13.2 Å². The van der Waals surface area contributed by atoms with Crippen molar-refractivity contribution in [2.24, 2.45) is 0 Å². The van der Waals surface area contributed by atoms with E-state index in [2.05, 4.69) is 17.9 Å². The molecule has 1 atom stereocenters. The van der Waals surface area contributed by atoms with Gasteiger partial charge in [0.1, 0.15) is 6.61 Å². The number of rotatable bonds is 8. The predicted molar refractivity (Wildman–Crippen MR) is 71.0 cm³/mol. The predicted octanol–water partition coefficient (Wildman–Crippen LogP) is 2.11. The Balaban J connectivity index is 3.96. The molecule has 0 N–H and O–H groups in total. The maximum atomic E-state index is 11.9. The highest BCUT2D eigenvalue weighted by Crippen LogP contribution is 2.41. The standard InChI is InChI=1S/C12H19O6P/c1-9(2)11(13)16-6-7-19(5,15)18-8-17-12(14)10(3)4/h1,3,6-8H2,2,4-5H3. The van der Waals surface area contributed by atoms with Crippen LogP contribution >= 0.6 is 7.37 Å². The van der Waals surface area contributed by atoms with E-state index in [9.17, 15) is 14.2 Å². The van der Waals surface area contributed by atoms with Crippen LogP contribution in [-0.4, -0.2) is 38.2 Å². The van der Waals surface area contributed by atoms with Crippen molar-refractivity contribution in [1.82, 2.24) is 0 Å². The average molecular weight is 290 g/mol. The minimum atomic E-state index is -2.98. The van der Waals surface area contributed by atoms with Crippen LogP contribution < -0.4 is 0 Å². The Kier molecular flexibility index (Phi) is 7.34. The van der Waals surface area contributed by atoms with Gasteiger partial charge >= 0.3 is 11.9 Å². The van der Waals surface area contributed by atoms with Crippen molar-refractivity contribution in [1.29, 1.82) is 0 Å². The van der Waals surface area contributed by atoms with Crippen molar-refractivity contribution >= 4 is 19.3 Å². The van der Waals surface area contributed by atoms with E-state index in [-0.39, 0.29) is 23.9 Å². The van der Waals surface area contributed by atoms with Gasteiger partial charge in [0.2, 0.25) is 7.37 Å². The first kappa shape index (κ1) is 17.6. The summed E-state index contributed by atoms with van der Waals surface area (Å²) in [4.78, 5) is 22.1. The fourth-order valence-corrected chi connectivity index (χ4v) is 1.63. The van der Waals surface area contributed by atoms with Gasteiger partial charge in [-0.05, 0) is 13.8 Å². The second kappa shape index (κ2) is 7.92. The van der Waals surface area contributed by atoms with E-state index in [4.69, 9.17) is 9.26 Å². The topological polar surface area (TPSA) is 78.9 Å². The molecule has 0 heterocycles. The molecular formula is C12H19O6P. The summed E-state index contributed by atoms with van der Waals surface area (Å²) in [6.45, 7) is 10.7. The zero-order valence-electron chi connectivity index (χ0n) is 11.4. The average Bonchev–Trinajstić information content (AvgIpc) is 2.27. The lowest BCUT2D eigenvalue weighted by Gasteiger charge is -2.14. The summed E-state index contributed by atoms with van der Waals surface area (Å²) >= 11 is 0. The molecule has 6 nitrogen and oxygen atoms in total. The smallest absolute Gasteiger partial charge is 0.335 e. The normalized spacial score (nSPS) is 13.2. The molecule has 0 aromatic rings. The molecule has 0 aliphatic heterocycles. The van der Waals surface area contributed by atoms with Crippen molar-refractivity contribution in [3.05, 3.63) is 24.3 Å². The molecular weight excluding hydrogens is 271 g/mol. The SMILES string of the molecule is C=C(C)C(=O)OCCP(C)(=O)OCOC(=O)C(=C)C. The lowest BCUT2D eigenvalue weighted by molar-refractivity contribution is -0.145. The third-order valence-corrected chi connectivity index (χ3v) is 3.59. The van der Waals surface area contributed by atoms with Gasteiger partial charge in [-0.2, -0.15) is 0 Å². The van der Waals surface area contributed by atoms with E-state index in [0.717, 1.165) is 0 Å². The minimum absolute atomic E-state index is 0.0383. The third kappa shape index (κ3) is 8.35. The number of carbonyl (C=O) groups is 2. The first-order chi connectivity index (χ1) is 8.65. The molecule has 0 bridgehead atoms. The molecule has 0 radical (unpaired) electrons. The Hall–Kier alpha value is -1.39. The van der Waals surface area contributed by atoms with E-state index < -0.39 is 26.1 Å². The Labute approximate surface area is 112 Å². The summed E-state index contributed by atoms with van der Waals surface area (Å²) in [6, 6.07) is 0. The van der Waals surface area contributed by atoms with E-state index in [1.54, 1.807) is 0 Å². The molecule has 0 saturated carbocycles. The number of esters is 2. The van der Waals surface area contributed by atoms with Crippen molar-refractivity contribution < 1.29 is 28.2 Å². The summed E-state index contributed by atoms with van der Waals surface area (Å²) < 4.78 is 26.3. The molecule has 0 saturated heterocycles. The van der Waals surface area contributed by atoms with Gasteiger partial charge in [0.05, 0.1) is 6.16 Å². The lowest BCUT2D eigenvalue weighted by atomic mass is 10.4. The lowest BCUT2D eigenvalue weighted by Crippen LogP contribution is -2.12. The van der Waals surface area contributed by atoms with Crippen LogP contribution in [0, 0.1) is 0 Å². The molecule has 0 spiro atoms. The molecule has 19 heavy (non-hydrogen) atoms. The van der Waals surface area contributed by atoms with Gasteiger partial charge in [-0.15, -0.1) is 0 Å². The summed E-state index contributed by atoms with van der Waals surface area (Å²) in [5, 5.41) is 0. The van der Waals surface area contributed by atoms with Crippen LogP contribution in [0.4, 0.5) is 0 Å². The molecule has 108 valence electrons. The van der Waals surface area contributed by atoms with Crippen molar-refractivity contribution in [2.75, 3.05) is 26.2 Å². The summed E-state index contributed by atoms with van der Waals surface area (Å²) in [5.41, 5.74) is 0.493. The Morgan fingerprint density at radius 2 is 1.53 bits per heavy atom. The van der Waals surface area contributed by atoms with E-state index in [1.807, 2.05) is 0 Å². The summed E-state index contributed by atoms with van der Waals surface area (Å²) in [5.74, 6) is -1.16. The highest BCUT2D eigenvalue weighted by Gasteiger charge is 2.18. The molecule has 0 aromatic carbocycles. The Bertz CT molecular complexity index is 390. The number of hydrogen-bond donors (Lipinski definition) is 0. The molecule has 0 rings (SSSR count). The quantitative estimate of drug-likeness (QED) is 0.295. The monoisotopic (exact) mass is 290 g/mol. The van der Waals surface area contributed by atoms with E-state index in [1.165, 1.54) is 20.5 Å². The minimum Gasteiger partial charge on any atom is -0.462 e. The third-order valence-electron chi connectivity index (χ3n) is 1.94. The zero-order valence-corrected chi connectivity index (χ0v) is 12.3. The van der Waals surface area contributed by atoms with Gasteiger partial charge < -0.3 is 9.47 Å². The number of carbonyl (C=O) groups excluding carboxylic acids is 2. The number of ether oxygens (including phenoxy) is 2. The molecule has 7 heteroatoms. The maximum Gasteiger partial charge on any atom is 0.335 e. The van der Waals surface area contributed by atoms with Gasteiger partial charge in [0.15, 0.2) is 6.79 Å². The van der Waals surface area contributed by atoms with Crippen molar-refractivity contribution in [3.63, 3.8) is 0 Å². The largest absolute Gasteiger partial charge is 0.462 e. The van der Waals surface area contributed by atoms with Gasteiger partial charge in [-0.3, -0.25) is 9.09 Å². The second-order valence-corrected chi connectivity index (χ2v) is 6.85. The van der Waals surface area contributed by atoms with E-state index in [0.29, 0.717) is 0 Å². The summed E-state index contributed by atoms with van der Waals surface area (Å²) in [7, 11) is -2.98. The molecule has 1 unspecified atom stereocenters. The van der Waals surface area contributed by atoms with Gasteiger partial charge in [0, 0.05) is 17.8 Å². The Morgan fingerprint density at radius 3 is 2.00 bits per heavy atom. The summed E-state index contributed by atoms with van der Waals surface area (Å²) in [6.07, 6.45) is 0.0383. The first-order valence-corrected chi connectivity index (χ1v) is 7.78. The van der Waals surface area contributed by atoms with Crippen LogP contribution in [0.2, 0.25) is 0 Å². The van der Waals surface area contributed by atoms with E-state index >= 15 is 0 Å². The van der Waals surface area contributed by atoms with Crippen LogP contribution in [0.3, 0.4) is 0 Å². The molecule has 0 aliphatic rings. The highest BCUT2D eigenvalue weighted by atomic mass is 31.2. The van der Waals surface area contributed by atoms with Crippen LogP contribution in [0.15, 0.2) is 24.3 Å². The maximum absolute atomic E-state index is 11.9. The zero-order chi connectivity index (χ0) is 15.1. The second-order valence-electron chi connectivity index (χ2n) is 4.11.